The van der Waals surface area contributed by atoms with E-state index in [1.54, 1.807) is 0 Å². The number of nitrogens with zero attached hydrogens (tertiary/aromatic N) is 2. The Morgan fingerprint density at radius 2 is 2.07 bits per heavy atom. The molecule has 0 unspecified atom stereocenters. The van der Waals surface area contributed by atoms with Crippen molar-refractivity contribution in [2.75, 3.05) is 0 Å². The zero-order valence-electron chi connectivity index (χ0n) is 9.91. The highest BCUT2D eigenvalue weighted by Crippen LogP contribution is 2.20. The van der Waals surface area contributed by atoms with E-state index in [9.17, 15) is 0 Å². The van der Waals surface area contributed by atoms with Gasteiger partial charge in [0.05, 0.1) is 5.69 Å². The van der Waals surface area contributed by atoms with Gasteiger partial charge in [-0.15, -0.1) is 0 Å². The Morgan fingerprint density at radius 3 is 2.67 bits per heavy atom. The smallest absolute Gasteiger partial charge is 0.139 e. The molecule has 0 radical (unpaired) electrons. The average Bonchev–Trinajstić information content (AvgIpc) is 2.45. The summed E-state index contributed by atoms with van der Waals surface area (Å²) >= 11 is 0. The van der Waals surface area contributed by atoms with Crippen LogP contribution in [0.3, 0.4) is 0 Å². The van der Waals surface area contributed by atoms with Gasteiger partial charge in [-0.3, -0.25) is 0 Å². The van der Waals surface area contributed by atoms with Crippen molar-refractivity contribution in [1.82, 2.24) is 9.38 Å². The predicted molar refractivity (Wildman–Crippen MR) is 63.1 cm³/mol. The van der Waals surface area contributed by atoms with E-state index in [2.05, 4.69) is 61.6 Å². The fraction of sp³-hybridized carbons (Fsp3) is 0.462. The third-order valence-electron chi connectivity index (χ3n) is 2.44. The highest BCUT2D eigenvalue weighted by Gasteiger charge is 2.14. The molecule has 0 saturated heterocycles. The minimum absolute atomic E-state index is 0.297. The Bertz CT molecular complexity index is 475. The number of fused-ring (bicyclic) bond motifs is 1. The molecular weight excluding hydrogens is 184 g/mol. The van der Waals surface area contributed by atoms with E-state index >= 15 is 0 Å². The van der Waals surface area contributed by atoms with Crippen molar-refractivity contribution in [3.63, 3.8) is 0 Å². The molecule has 0 fully saturated rings. The van der Waals surface area contributed by atoms with Crippen molar-refractivity contribution in [2.24, 2.45) is 5.41 Å². The summed E-state index contributed by atoms with van der Waals surface area (Å²) in [4.78, 5) is 4.66. The van der Waals surface area contributed by atoms with Gasteiger partial charge in [0.2, 0.25) is 0 Å². The zero-order chi connectivity index (χ0) is 11.1. The summed E-state index contributed by atoms with van der Waals surface area (Å²) in [5.74, 6) is 0. The third-order valence-corrected chi connectivity index (χ3v) is 2.44. The van der Waals surface area contributed by atoms with Gasteiger partial charge < -0.3 is 4.40 Å². The van der Waals surface area contributed by atoms with Crippen molar-refractivity contribution >= 4 is 5.65 Å². The SMILES string of the molecule is Cc1cccn2cc(CC(C)(C)C)nc12. The maximum absolute atomic E-state index is 4.66. The topological polar surface area (TPSA) is 17.3 Å². The first-order chi connectivity index (χ1) is 6.96. The number of aryl methyl sites for hydroxylation is 1. The van der Waals surface area contributed by atoms with Crippen LogP contribution in [-0.4, -0.2) is 9.38 Å². The van der Waals surface area contributed by atoms with Gasteiger partial charge in [0.25, 0.3) is 0 Å². The van der Waals surface area contributed by atoms with Gasteiger partial charge in [-0.2, -0.15) is 0 Å². The summed E-state index contributed by atoms with van der Waals surface area (Å²) < 4.78 is 2.11. The van der Waals surface area contributed by atoms with Crippen LogP contribution in [-0.2, 0) is 6.42 Å². The summed E-state index contributed by atoms with van der Waals surface area (Å²) in [5.41, 5.74) is 3.79. The van der Waals surface area contributed by atoms with Gasteiger partial charge in [0.15, 0.2) is 0 Å². The van der Waals surface area contributed by atoms with E-state index in [4.69, 9.17) is 0 Å². The molecule has 0 amide bonds. The van der Waals surface area contributed by atoms with Crippen LogP contribution in [0.5, 0.6) is 0 Å². The fourth-order valence-corrected chi connectivity index (χ4v) is 1.83. The van der Waals surface area contributed by atoms with E-state index in [0.717, 1.165) is 12.1 Å². The predicted octanol–water partition coefficient (Wildman–Crippen LogP) is 3.23. The molecule has 2 heteroatoms. The van der Waals surface area contributed by atoms with Crippen molar-refractivity contribution in [1.29, 1.82) is 0 Å². The largest absolute Gasteiger partial charge is 0.307 e. The van der Waals surface area contributed by atoms with Gasteiger partial charge in [-0.1, -0.05) is 26.8 Å². The fourth-order valence-electron chi connectivity index (χ4n) is 1.83. The molecule has 0 aliphatic rings. The first-order valence-corrected chi connectivity index (χ1v) is 5.39. The number of hydrogen-bond donors (Lipinski definition) is 0. The highest BCUT2D eigenvalue weighted by atomic mass is 15.0. The number of hydrogen-bond acceptors (Lipinski definition) is 1. The second kappa shape index (κ2) is 3.37. The van der Waals surface area contributed by atoms with Gasteiger partial charge >= 0.3 is 0 Å². The standard InChI is InChI=1S/C13H18N2/c1-10-6-5-7-15-9-11(14-12(10)15)8-13(2,3)4/h5-7,9H,8H2,1-4H3. The van der Waals surface area contributed by atoms with Crippen molar-refractivity contribution in [3.05, 3.63) is 35.8 Å². The van der Waals surface area contributed by atoms with Gasteiger partial charge in [0, 0.05) is 12.4 Å². The van der Waals surface area contributed by atoms with Crippen LogP contribution in [0.2, 0.25) is 0 Å². The number of imidazole rings is 1. The quantitative estimate of drug-likeness (QED) is 0.694. The second-order valence-electron chi connectivity index (χ2n) is 5.39. The van der Waals surface area contributed by atoms with E-state index in [1.165, 1.54) is 11.3 Å². The third kappa shape index (κ3) is 2.20. The Labute approximate surface area is 91.0 Å². The minimum Gasteiger partial charge on any atom is -0.307 e. The maximum atomic E-state index is 4.66. The molecule has 0 atom stereocenters. The first-order valence-electron chi connectivity index (χ1n) is 5.39. The molecule has 0 N–H and O–H groups in total. The summed E-state index contributed by atoms with van der Waals surface area (Å²) in [6.45, 7) is 8.82. The van der Waals surface area contributed by atoms with Crippen LogP contribution in [0.15, 0.2) is 24.5 Å². The lowest BCUT2D eigenvalue weighted by Gasteiger charge is -2.15. The first kappa shape index (κ1) is 10.2. The Balaban J connectivity index is 2.44. The maximum Gasteiger partial charge on any atom is 0.139 e. The molecule has 0 bridgehead atoms. The molecule has 0 spiro atoms. The van der Waals surface area contributed by atoms with Crippen molar-refractivity contribution in [3.8, 4) is 0 Å². The molecule has 0 aromatic carbocycles. The van der Waals surface area contributed by atoms with E-state index < -0.39 is 0 Å². The van der Waals surface area contributed by atoms with Crippen LogP contribution >= 0.6 is 0 Å². The normalized spacial score (nSPS) is 12.3. The molecule has 15 heavy (non-hydrogen) atoms. The molecule has 80 valence electrons. The molecule has 0 aliphatic carbocycles. The lowest BCUT2D eigenvalue weighted by atomic mass is 9.91. The Kier molecular flexibility index (Phi) is 2.29. The van der Waals surface area contributed by atoms with Gasteiger partial charge in [-0.05, 0) is 30.4 Å². The lowest BCUT2D eigenvalue weighted by molar-refractivity contribution is 0.407. The summed E-state index contributed by atoms with van der Waals surface area (Å²) in [6, 6.07) is 4.16. The molecule has 0 aliphatic heterocycles. The van der Waals surface area contributed by atoms with Crippen molar-refractivity contribution in [2.45, 2.75) is 34.1 Å². The summed E-state index contributed by atoms with van der Waals surface area (Å²) in [7, 11) is 0. The highest BCUT2D eigenvalue weighted by molar-refractivity contribution is 5.47. The van der Waals surface area contributed by atoms with Crippen molar-refractivity contribution < 1.29 is 0 Å². The van der Waals surface area contributed by atoms with Gasteiger partial charge in [-0.25, -0.2) is 4.98 Å². The molecule has 0 saturated carbocycles. The number of aromatic nitrogens is 2. The average molecular weight is 202 g/mol. The number of rotatable bonds is 1. The monoisotopic (exact) mass is 202 g/mol. The Morgan fingerprint density at radius 1 is 1.33 bits per heavy atom. The summed E-state index contributed by atoms with van der Waals surface area (Å²) in [5, 5.41) is 0. The van der Waals surface area contributed by atoms with Crippen LogP contribution in [0.4, 0.5) is 0 Å². The number of pyridine rings is 1. The molecular formula is C13H18N2. The lowest BCUT2D eigenvalue weighted by Crippen LogP contribution is -2.09. The molecule has 2 aromatic rings. The van der Waals surface area contributed by atoms with Crippen LogP contribution in [0, 0.1) is 12.3 Å². The van der Waals surface area contributed by atoms with Crippen LogP contribution in [0.1, 0.15) is 32.0 Å². The van der Waals surface area contributed by atoms with Crippen LogP contribution in [0.25, 0.3) is 5.65 Å². The zero-order valence-corrected chi connectivity index (χ0v) is 9.91. The minimum atomic E-state index is 0.297. The molecule has 2 rings (SSSR count). The Hall–Kier alpha value is -1.31. The van der Waals surface area contributed by atoms with Gasteiger partial charge in [0.1, 0.15) is 5.65 Å². The summed E-state index contributed by atoms with van der Waals surface area (Å²) in [6.07, 6.45) is 5.21. The molecule has 2 nitrogen and oxygen atoms in total. The molecule has 2 heterocycles. The molecule has 2 aromatic heterocycles. The van der Waals surface area contributed by atoms with Crippen LogP contribution < -0.4 is 0 Å². The van der Waals surface area contributed by atoms with E-state index in [1.807, 2.05) is 0 Å². The van der Waals surface area contributed by atoms with E-state index in [0.29, 0.717) is 5.41 Å². The second-order valence-corrected chi connectivity index (χ2v) is 5.39. The van der Waals surface area contributed by atoms with E-state index in [-0.39, 0.29) is 0 Å².